The van der Waals surface area contributed by atoms with Gasteiger partial charge in [0.25, 0.3) is 0 Å². The number of fused-ring (bicyclic) bond motifs is 1. The molecule has 94 valence electrons. The van der Waals surface area contributed by atoms with E-state index in [4.69, 9.17) is 0 Å². The fraction of sp³-hybridized carbons (Fsp3) is 0.636. The number of nitrogens with zero attached hydrogens (tertiary/aromatic N) is 2. The van der Waals surface area contributed by atoms with Crippen molar-refractivity contribution in [3.8, 4) is 0 Å². The molecule has 1 aliphatic rings. The van der Waals surface area contributed by atoms with E-state index in [1.807, 2.05) is 0 Å². The summed E-state index contributed by atoms with van der Waals surface area (Å²) in [7, 11) is -3.00. The zero-order valence-electron chi connectivity index (χ0n) is 9.85. The molecule has 0 aliphatic heterocycles. The summed E-state index contributed by atoms with van der Waals surface area (Å²) in [5.74, 6) is 0.193. The van der Waals surface area contributed by atoms with E-state index in [1.54, 1.807) is 10.9 Å². The van der Waals surface area contributed by atoms with Crippen LogP contribution in [0.4, 0.5) is 0 Å². The summed E-state index contributed by atoms with van der Waals surface area (Å²) in [6.45, 7) is 0.335. The molecule has 0 fully saturated rings. The Hall–Kier alpha value is -1.17. The van der Waals surface area contributed by atoms with Gasteiger partial charge in [-0.25, -0.2) is 8.42 Å². The molecule has 0 amide bonds. The largest absolute Gasteiger partial charge is 0.294 e. The molecule has 0 atom stereocenters. The normalized spacial score (nSPS) is 16.6. The number of aromatic nitrogens is 2. The Kier molecular flexibility index (Phi) is 3.33. The van der Waals surface area contributed by atoms with E-state index < -0.39 is 9.84 Å². The van der Waals surface area contributed by atoms with E-state index in [0.717, 1.165) is 25.0 Å². The molecule has 0 radical (unpaired) electrons. The minimum atomic E-state index is -3.00. The maximum absolute atomic E-state index is 11.7. The molecule has 0 unspecified atom stereocenters. The average molecular weight is 256 g/mol. The molecule has 0 bridgehead atoms. The van der Waals surface area contributed by atoms with Crippen LogP contribution >= 0.6 is 0 Å². The molecule has 1 heterocycles. The number of hydrogen-bond donors (Lipinski definition) is 0. The number of carbonyl (C=O) groups excluding carboxylic acids is 1. The number of aryl methyl sites for hydroxylation is 1. The summed E-state index contributed by atoms with van der Waals surface area (Å²) in [6, 6.07) is 0. The van der Waals surface area contributed by atoms with Gasteiger partial charge in [-0.15, -0.1) is 0 Å². The lowest BCUT2D eigenvalue weighted by Crippen LogP contribution is -2.14. The second kappa shape index (κ2) is 4.60. The first-order valence-electron chi connectivity index (χ1n) is 5.73. The third-order valence-corrected chi connectivity index (χ3v) is 3.91. The number of sulfone groups is 1. The first-order valence-corrected chi connectivity index (χ1v) is 7.79. The molecule has 0 aromatic carbocycles. The predicted molar refractivity (Wildman–Crippen MR) is 63.8 cm³/mol. The predicted octanol–water partition coefficient (Wildman–Crippen LogP) is 0.837. The van der Waals surface area contributed by atoms with E-state index in [9.17, 15) is 13.2 Å². The Labute approximate surface area is 101 Å². The van der Waals surface area contributed by atoms with Gasteiger partial charge in [-0.2, -0.15) is 5.10 Å². The fourth-order valence-corrected chi connectivity index (χ4v) is 2.57. The third kappa shape index (κ3) is 2.94. The van der Waals surface area contributed by atoms with Crippen LogP contribution in [-0.4, -0.2) is 36.0 Å². The smallest absolute Gasteiger partial charge is 0.166 e. The van der Waals surface area contributed by atoms with Gasteiger partial charge >= 0.3 is 0 Å². The summed E-state index contributed by atoms with van der Waals surface area (Å²) in [4.78, 5) is 11.7. The minimum Gasteiger partial charge on any atom is -0.294 e. The molecule has 17 heavy (non-hydrogen) atoms. The van der Waals surface area contributed by atoms with Crippen LogP contribution in [0.3, 0.4) is 0 Å². The number of rotatable bonds is 3. The van der Waals surface area contributed by atoms with Gasteiger partial charge in [-0.1, -0.05) is 0 Å². The summed E-state index contributed by atoms with van der Waals surface area (Å²) < 4.78 is 23.9. The van der Waals surface area contributed by atoms with Gasteiger partial charge in [0.15, 0.2) is 5.78 Å². The molecule has 0 saturated carbocycles. The summed E-state index contributed by atoms with van der Waals surface area (Å²) in [6.07, 6.45) is 6.03. The third-order valence-electron chi connectivity index (χ3n) is 2.99. The van der Waals surface area contributed by atoms with E-state index in [1.165, 1.54) is 6.26 Å². The van der Waals surface area contributed by atoms with Crippen LogP contribution in [-0.2, 0) is 22.8 Å². The van der Waals surface area contributed by atoms with Gasteiger partial charge in [0, 0.05) is 18.4 Å². The SMILES string of the molecule is CS(=O)(=O)CCn1ncc2c1CCCCC2=O. The Morgan fingerprint density at radius 2 is 2.06 bits per heavy atom. The molecule has 0 saturated heterocycles. The van der Waals surface area contributed by atoms with E-state index in [0.29, 0.717) is 18.5 Å². The van der Waals surface area contributed by atoms with Gasteiger partial charge in [0.1, 0.15) is 9.84 Å². The molecular weight excluding hydrogens is 240 g/mol. The van der Waals surface area contributed by atoms with Gasteiger partial charge in [0.05, 0.1) is 24.1 Å². The van der Waals surface area contributed by atoms with Crippen LogP contribution in [0.25, 0.3) is 0 Å². The Balaban J connectivity index is 2.22. The molecule has 6 heteroatoms. The summed E-state index contributed by atoms with van der Waals surface area (Å²) >= 11 is 0. The van der Waals surface area contributed by atoms with Crippen molar-refractivity contribution < 1.29 is 13.2 Å². The zero-order valence-corrected chi connectivity index (χ0v) is 10.7. The van der Waals surface area contributed by atoms with Gasteiger partial charge in [-0.05, 0) is 19.3 Å². The molecule has 0 spiro atoms. The van der Waals surface area contributed by atoms with E-state index in [2.05, 4.69) is 5.10 Å². The first-order chi connectivity index (χ1) is 7.97. The minimum absolute atomic E-state index is 0.0648. The summed E-state index contributed by atoms with van der Waals surface area (Å²) in [5.41, 5.74) is 1.58. The van der Waals surface area contributed by atoms with E-state index >= 15 is 0 Å². The van der Waals surface area contributed by atoms with Gasteiger partial charge in [-0.3, -0.25) is 9.48 Å². The van der Waals surface area contributed by atoms with Crippen LogP contribution in [0.5, 0.6) is 0 Å². The molecular formula is C11H16N2O3S. The average Bonchev–Trinajstić information content (AvgIpc) is 2.55. The number of Topliss-reactive ketones (excluding diaryl/α,β-unsaturated/α-hetero) is 1. The molecule has 0 N–H and O–H groups in total. The van der Waals surface area contributed by atoms with Gasteiger partial charge in [0.2, 0.25) is 0 Å². The van der Waals surface area contributed by atoms with Crippen LogP contribution in [0.2, 0.25) is 0 Å². The highest BCUT2D eigenvalue weighted by Crippen LogP contribution is 2.20. The molecule has 5 nitrogen and oxygen atoms in total. The first kappa shape index (κ1) is 12.3. The van der Waals surface area contributed by atoms with Gasteiger partial charge < -0.3 is 0 Å². The van der Waals surface area contributed by atoms with Crippen molar-refractivity contribution in [2.45, 2.75) is 32.2 Å². The Morgan fingerprint density at radius 1 is 1.35 bits per heavy atom. The standard InChI is InChI=1S/C11H16N2O3S/c1-17(15,16)7-6-13-10-4-2-3-5-11(14)9(10)8-12-13/h8H,2-7H2,1H3. The van der Waals surface area contributed by atoms with Crippen molar-refractivity contribution in [1.82, 2.24) is 9.78 Å². The second-order valence-electron chi connectivity index (χ2n) is 4.49. The topological polar surface area (TPSA) is 69.0 Å². The van der Waals surface area contributed by atoms with Crippen LogP contribution in [0.15, 0.2) is 6.20 Å². The zero-order chi connectivity index (χ0) is 12.5. The maximum atomic E-state index is 11.7. The Morgan fingerprint density at radius 3 is 2.76 bits per heavy atom. The van der Waals surface area contributed by atoms with Crippen molar-refractivity contribution in [3.05, 3.63) is 17.5 Å². The lowest BCUT2D eigenvalue weighted by Gasteiger charge is -2.06. The van der Waals surface area contributed by atoms with Crippen LogP contribution in [0.1, 0.15) is 35.3 Å². The quantitative estimate of drug-likeness (QED) is 0.751. The Bertz CT molecular complexity index is 531. The molecule has 2 rings (SSSR count). The highest BCUT2D eigenvalue weighted by molar-refractivity contribution is 7.90. The summed E-state index contributed by atoms with van der Waals surface area (Å²) in [5, 5.41) is 4.12. The lowest BCUT2D eigenvalue weighted by atomic mass is 10.1. The monoisotopic (exact) mass is 256 g/mol. The molecule has 1 aromatic heterocycles. The van der Waals surface area contributed by atoms with Crippen LogP contribution < -0.4 is 0 Å². The van der Waals surface area contributed by atoms with Crippen molar-refractivity contribution >= 4 is 15.6 Å². The van der Waals surface area contributed by atoms with Crippen molar-refractivity contribution in [1.29, 1.82) is 0 Å². The number of hydrogen-bond acceptors (Lipinski definition) is 4. The molecule has 1 aromatic rings. The van der Waals surface area contributed by atoms with Crippen molar-refractivity contribution in [2.24, 2.45) is 0 Å². The number of carbonyl (C=O) groups is 1. The van der Waals surface area contributed by atoms with Crippen molar-refractivity contribution in [2.75, 3.05) is 12.0 Å². The lowest BCUT2D eigenvalue weighted by molar-refractivity contribution is 0.0982. The number of ketones is 1. The fourth-order valence-electron chi connectivity index (χ4n) is 2.06. The van der Waals surface area contributed by atoms with E-state index in [-0.39, 0.29) is 11.5 Å². The molecule has 1 aliphatic carbocycles. The van der Waals surface area contributed by atoms with Crippen molar-refractivity contribution in [3.63, 3.8) is 0 Å². The maximum Gasteiger partial charge on any atom is 0.166 e. The van der Waals surface area contributed by atoms with Crippen LogP contribution in [0, 0.1) is 0 Å². The highest BCUT2D eigenvalue weighted by Gasteiger charge is 2.20. The highest BCUT2D eigenvalue weighted by atomic mass is 32.2. The second-order valence-corrected chi connectivity index (χ2v) is 6.75.